The Morgan fingerprint density at radius 2 is 1.92 bits per heavy atom. The molecule has 0 saturated carbocycles. The molecule has 0 amide bonds. The number of hydrogen-bond acceptors (Lipinski definition) is 4. The largest absolute Gasteiger partial charge is 0.285 e. The molecule has 0 saturated heterocycles. The van der Waals surface area contributed by atoms with Gasteiger partial charge in [-0.25, -0.2) is 4.98 Å². The molecule has 3 rings (SSSR count). The Balaban J connectivity index is 2.24. The van der Waals surface area contributed by atoms with Crippen molar-refractivity contribution in [1.29, 1.82) is 0 Å². The van der Waals surface area contributed by atoms with Crippen LogP contribution in [-0.2, 0) is 16.4 Å². The van der Waals surface area contributed by atoms with E-state index >= 15 is 0 Å². The average Bonchev–Trinajstić information content (AvgIpc) is 2.62. The summed E-state index contributed by atoms with van der Waals surface area (Å²) in [6.07, 6.45) is 5.73. The van der Waals surface area contributed by atoms with E-state index in [-0.39, 0.29) is 4.90 Å². The number of sulfonamides is 1. The molecule has 2 heterocycles. The molecule has 7 heteroatoms. The number of benzene rings is 1. The SMILES string of the molecule is CCCc1ccn2c(=NS(=O)(=O)c3ccccc3)cc(SC)nc2c1. The highest BCUT2D eigenvalue weighted by atomic mass is 32.2. The molecule has 0 unspecified atom stereocenters. The molecule has 0 radical (unpaired) electrons. The van der Waals surface area contributed by atoms with Gasteiger partial charge < -0.3 is 0 Å². The second-order valence-corrected chi connectivity index (χ2v) is 7.98. The number of aryl methyl sites for hydroxylation is 1. The first-order valence-electron chi connectivity index (χ1n) is 7.96. The van der Waals surface area contributed by atoms with Crippen LogP contribution in [0.15, 0.2) is 69.0 Å². The number of rotatable bonds is 5. The highest BCUT2D eigenvalue weighted by Gasteiger charge is 2.12. The first-order chi connectivity index (χ1) is 12.0. The van der Waals surface area contributed by atoms with Crippen molar-refractivity contribution in [3.63, 3.8) is 0 Å². The van der Waals surface area contributed by atoms with Crippen molar-refractivity contribution in [2.75, 3.05) is 6.26 Å². The summed E-state index contributed by atoms with van der Waals surface area (Å²) in [5.74, 6) is 0. The monoisotopic (exact) mass is 373 g/mol. The van der Waals surface area contributed by atoms with E-state index in [9.17, 15) is 8.42 Å². The van der Waals surface area contributed by atoms with Crippen LogP contribution in [0, 0.1) is 0 Å². The molecule has 0 spiro atoms. The van der Waals surface area contributed by atoms with Crippen LogP contribution in [0.25, 0.3) is 5.65 Å². The third-order valence-electron chi connectivity index (χ3n) is 3.73. The first-order valence-corrected chi connectivity index (χ1v) is 10.6. The maximum Gasteiger partial charge on any atom is 0.284 e. The molecule has 2 aromatic heterocycles. The zero-order valence-electron chi connectivity index (χ0n) is 14.1. The van der Waals surface area contributed by atoms with Crippen LogP contribution in [0.1, 0.15) is 18.9 Å². The number of nitrogens with zero attached hydrogens (tertiary/aromatic N) is 3. The molecule has 3 aromatic rings. The number of pyridine rings is 1. The highest BCUT2D eigenvalue weighted by Crippen LogP contribution is 2.14. The Kier molecular flexibility index (Phi) is 5.24. The lowest BCUT2D eigenvalue weighted by Crippen LogP contribution is -2.19. The summed E-state index contributed by atoms with van der Waals surface area (Å²) < 4.78 is 31.0. The molecule has 0 fully saturated rings. The van der Waals surface area contributed by atoms with E-state index in [1.54, 1.807) is 40.8 Å². The van der Waals surface area contributed by atoms with Crippen LogP contribution >= 0.6 is 11.8 Å². The number of thioether (sulfide) groups is 1. The van der Waals surface area contributed by atoms with Crippen molar-refractivity contribution in [1.82, 2.24) is 9.38 Å². The normalized spacial score (nSPS) is 12.6. The number of aromatic nitrogens is 2. The molecule has 0 aliphatic rings. The van der Waals surface area contributed by atoms with E-state index in [2.05, 4.69) is 16.3 Å². The molecule has 0 N–H and O–H groups in total. The fourth-order valence-corrected chi connectivity index (χ4v) is 3.92. The van der Waals surface area contributed by atoms with Gasteiger partial charge in [-0.3, -0.25) is 4.40 Å². The maximum atomic E-state index is 12.6. The Bertz CT molecular complexity index is 1060. The smallest absolute Gasteiger partial charge is 0.284 e. The lowest BCUT2D eigenvalue weighted by molar-refractivity contribution is 0.596. The van der Waals surface area contributed by atoms with E-state index in [4.69, 9.17) is 0 Å². The van der Waals surface area contributed by atoms with E-state index in [1.807, 2.05) is 24.6 Å². The van der Waals surface area contributed by atoms with Crippen molar-refractivity contribution in [2.45, 2.75) is 29.7 Å². The number of hydrogen-bond donors (Lipinski definition) is 0. The summed E-state index contributed by atoms with van der Waals surface area (Å²) in [5, 5.41) is 0.732. The van der Waals surface area contributed by atoms with E-state index in [1.165, 1.54) is 17.3 Å². The molecule has 130 valence electrons. The van der Waals surface area contributed by atoms with Gasteiger partial charge in [-0.05, 0) is 42.5 Å². The highest BCUT2D eigenvalue weighted by molar-refractivity contribution is 7.98. The zero-order chi connectivity index (χ0) is 17.9. The molecule has 0 aliphatic carbocycles. The summed E-state index contributed by atoms with van der Waals surface area (Å²) in [5.41, 5.74) is 2.21. The fourth-order valence-electron chi connectivity index (χ4n) is 2.52. The molecular weight excluding hydrogens is 354 g/mol. The summed E-state index contributed by atoms with van der Waals surface area (Å²) in [4.78, 5) is 4.75. The lowest BCUT2D eigenvalue weighted by atomic mass is 10.1. The summed E-state index contributed by atoms with van der Waals surface area (Å²) in [6.45, 7) is 2.12. The predicted molar refractivity (Wildman–Crippen MR) is 100 cm³/mol. The summed E-state index contributed by atoms with van der Waals surface area (Å²) in [6, 6.07) is 13.9. The van der Waals surface area contributed by atoms with Gasteiger partial charge in [0, 0.05) is 12.3 Å². The van der Waals surface area contributed by atoms with Crippen LogP contribution < -0.4 is 5.49 Å². The van der Waals surface area contributed by atoms with Gasteiger partial charge in [0.2, 0.25) is 0 Å². The topological polar surface area (TPSA) is 63.8 Å². The molecule has 1 aromatic carbocycles. The molecule has 5 nitrogen and oxygen atoms in total. The van der Waals surface area contributed by atoms with Gasteiger partial charge in [-0.1, -0.05) is 31.5 Å². The first kappa shape index (κ1) is 17.7. The predicted octanol–water partition coefficient (Wildman–Crippen LogP) is 3.30. The van der Waals surface area contributed by atoms with Gasteiger partial charge in [0.15, 0.2) is 5.49 Å². The van der Waals surface area contributed by atoms with Crippen LogP contribution in [-0.4, -0.2) is 24.1 Å². The lowest BCUT2D eigenvalue weighted by Gasteiger charge is -2.07. The van der Waals surface area contributed by atoms with Gasteiger partial charge in [-0.2, -0.15) is 8.42 Å². The van der Waals surface area contributed by atoms with Crippen molar-refractivity contribution in [3.8, 4) is 0 Å². The van der Waals surface area contributed by atoms with Gasteiger partial charge in [-0.15, -0.1) is 16.2 Å². The minimum absolute atomic E-state index is 0.175. The molecule has 0 atom stereocenters. The summed E-state index contributed by atoms with van der Waals surface area (Å²) >= 11 is 1.46. The fraction of sp³-hybridized carbons (Fsp3) is 0.222. The zero-order valence-corrected chi connectivity index (χ0v) is 15.7. The van der Waals surface area contributed by atoms with Crippen molar-refractivity contribution < 1.29 is 8.42 Å². The molecule has 0 aliphatic heterocycles. The standard InChI is InChI=1S/C18H19N3O2S2/c1-3-7-14-10-11-21-16(12-14)19-18(24-2)13-17(21)20-25(22,23)15-8-5-4-6-9-15/h4-6,8-13H,3,7H2,1-2H3. The Morgan fingerprint density at radius 1 is 1.16 bits per heavy atom. The van der Waals surface area contributed by atoms with Crippen molar-refractivity contribution >= 4 is 27.4 Å². The van der Waals surface area contributed by atoms with Gasteiger partial charge in [0.25, 0.3) is 10.0 Å². The Hall–Kier alpha value is -2.12. The second-order valence-electron chi connectivity index (χ2n) is 5.55. The van der Waals surface area contributed by atoms with Gasteiger partial charge >= 0.3 is 0 Å². The average molecular weight is 374 g/mol. The van der Waals surface area contributed by atoms with Crippen molar-refractivity contribution in [3.05, 3.63) is 65.8 Å². The van der Waals surface area contributed by atoms with E-state index < -0.39 is 10.0 Å². The van der Waals surface area contributed by atoms with Gasteiger partial charge in [0.1, 0.15) is 10.7 Å². The third kappa shape index (κ3) is 3.93. The van der Waals surface area contributed by atoms with Crippen LogP contribution in [0.5, 0.6) is 0 Å². The minimum Gasteiger partial charge on any atom is -0.285 e. The third-order valence-corrected chi connectivity index (χ3v) is 5.65. The Labute approximate surface area is 151 Å². The minimum atomic E-state index is -3.78. The molecule has 25 heavy (non-hydrogen) atoms. The molecule has 0 bridgehead atoms. The quantitative estimate of drug-likeness (QED) is 0.508. The summed E-state index contributed by atoms with van der Waals surface area (Å²) in [7, 11) is -3.78. The van der Waals surface area contributed by atoms with Crippen LogP contribution in [0.4, 0.5) is 0 Å². The second kappa shape index (κ2) is 7.41. The van der Waals surface area contributed by atoms with E-state index in [0.717, 1.165) is 17.9 Å². The Morgan fingerprint density at radius 3 is 2.60 bits per heavy atom. The number of fused-ring (bicyclic) bond motifs is 1. The molecular formula is C18H19N3O2S2. The van der Waals surface area contributed by atoms with Crippen molar-refractivity contribution in [2.24, 2.45) is 4.40 Å². The van der Waals surface area contributed by atoms with Gasteiger partial charge in [0.05, 0.1) is 4.90 Å². The van der Waals surface area contributed by atoms with E-state index in [0.29, 0.717) is 11.1 Å². The maximum absolute atomic E-state index is 12.6. The van der Waals surface area contributed by atoms with Crippen LogP contribution in [0.3, 0.4) is 0 Å². The van der Waals surface area contributed by atoms with Crippen LogP contribution in [0.2, 0.25) is 0 Å².